The van der Waals surface area contributed by atoms with Gasteiger partial charge in [0.25, 0.3) is 0 Å². The monoisotopic (exact) mass is 315 g/mol. The summed E-state index contributed by atoms with van der Waals surface area (Å²) in [6.45, 7) is 0.839. The molecule has 0 bridgehead atoms. The predicted octanol–water partition coefficient (Wildman–Crippen LogP) is 4.49. The van der Waals surface area contributed by atoms with Crippen molar-refractivity contribution in [2.45, 2.75) is 6.54 Å². The molecule has 0 aliphatic heterocycles. The molecule has 3 aromatic carbocycles. The van der Waals surface area contributed by atoms with E-state index in [4.69, 9.17) is 5.73 Å². The maximum atomic E-state index is 6.54. The molecule has 3 nitrogen and oxygen atoms in total. The molecule has 4 rings (SSSR count). The number of nitrogen functional groups attached to an aromatic ring is 1. The molecule has 0 amide bonds. The summed E-state index contributed by atoms with van der Waals surface area (Å²) in [6, 6.07) is 23.3. The largest absolute Gasteiger partial charge is 0.396 e. The number of fused-ring (bicyclic) bond motifs is 3. The van der Waals surface area contributed by atoms with Crippen LogP contribution in [0.4, 0.5) is 11.4 Å². The van der Waals surface area contributed by atoms with E-state index in [0.717, 1.165) is 23.3 Å². The molecule has 0 unspecified atom stereocenters. The van der Waals surface area contributed by atoms with Crippen molar-refractivity contribution in [2.24, 2.45) is 0 Å². The highest BCUT2D eigenvalue weighted by atomic mass is 15.1. The first-order valence-electron chi connectivity index (χ1n) is 8.17. The summed E-state index contributed by atoms with van der Waals surface area (Å²) in [5, 5.41) is 2.36. The Kier molecular flexibility index (Phi) is 3.42. The zero-order chi connectivity index (χ0) is 16.7. The quantitative estimate of drug-likeness (QED) is 0.565. The number of benzene rings is 3. The van der Waals surface area contributed by atoms with Gasteiger partial charge in [-0.05, 0) is 23.8 Å². The van der Waals surface area contributed by atoms with Gasteiger partial charge in [0.15, 0.2) is 0 Å². The van der Waals surface area contributed by atoms with Gasteiger partial charge < -0.3 is 15.2 Å². The third kappa shape index (κ3) is 2.21. The number of aromatic nitrogens is 1. The van der Waals surface area contributed by atoms with Crippen LogP contribution < -0.4 is 10.6 Å². The average Bonchev–Trinajstić information content (AvgIpc) is 2.91. The summed E-state index contributed by atoms with van der Waals surface area (Å²) >= 11 is 0. The van der Waals surface area contributed by atoms with Crippen LogP contribution in [0.5, 0.6) is 0 Å². The van der Waals surface area contributed by atoms with E-state index >= 15 is 0 Å². The Balaban J connectivity index is 2.03. The van der Waals surface area contributed by atoms with Gasteiger partial charge in [0.05, 0.1) is 16.9 Å². The molecule has 24 heavy (non-hydrogen) atoms. The van der Waals surface area contributed by atoms with Gasteiger partial charge in [0.1, 0.15) is 0 Å². The normalized spacial score (nSPS) is 11.2. The highest BCUT2D eigenvalue weighted by molar-refractivity contribution is 6.16. The van der Waals surface area contributed by atoms with Crippen molar-refractivity contribution in [3.8, 4) is 0 Å². The van der Waals surface area contributed by atoms with Crippen LogP contribution in [-0.2, 0) is 6.54 Å². The Hall–Kier alpha value is -2.94. The maximum absolute atomic E-state index is 6.54. The second-order valence-corrected chi connectivity index (χ2v) is 6.38. The summed E-state index contributed by atoms with van der Waals surface area (Å²) in [4.78, 5) is 2.07. The number of hydrogen-bond donors (Lipinski definition) is 1. The highest BCUT2D eigenvalue weighted by Gasteiger charge is 2.15. The Bertz CT molecular complexity index is 1010. The Morgan fingerprint density at radius 2 is 1.54 bits per heavy atom. The number of rotatable bonds is 3. The molecule has 1 heterocycles. The van der Waals surface area contributed by atoms with Gasteiger partial charge in [-0.1, -0.05) is 48.5 Å². The molecule has 0 saturated heterocycles. The van der Waals surface area contributed by atoms with Crippen molar-refractivity contribution in [3.63, 3.8) is 0 Å². The van der Waals surface area contributed by atoms with E-state index in [1.807, 2.05) is 14.1 Å². The van der Waals surface area contributed by atoms with E-state index in [1.54, 1.807) is 0 Å². The fourth-order valence-corrected chi connectivity index (χ4v) is 3.48. The fourth-order valence-electron chi connectivity index (χ4n) is 3.48. The van der Waals surface area contributed by atoms with Crippen molar-refractivity contribution in [1.82, 2.24) is 4.57 Å². The molecule has 0 aliphatic rings. The first-order valence-corrected chi connectivity index (χ1v) is 8.17. The minimum absolute atomic E-state index is 0.839. The van der Waals surface area contributed by atoms with Crippen LogP contribution in [0.3, 0.4) is 0 Å². The van der Waals surface area contributed by atoms with Crippen molar-refractivity contribution in [2.75, 3.05) is 24.7 Å². The minimum atomic E-state index is 0.839. The molecule has 0 aliphatic carbocycles. The van der Waals surface area contributed by atoms with E-state index in [9.17, 15) is 0 Å². The predicted molar refractivity (Wildman–Crippen MR) is 104 cm³/mol. The van der Waals surface area contributed by atoms with Crippen LogP contribution in [-0.4, -0.2) is 18.7 Å². The standard InChI is InChI=1S/C21H21N3/c1-23(2)19-13-12-18-20(21(19)22)16-10-6-7-11-17(16)24(18)14-15-8-4-3-5-9-15/h3-13H,14,22H2,1-2H3. The van der Waals surface area contributed by atoms with Gasteiger partial charge in [-0.2, -0.15) is 0 Å². The van der Waals surface area contributed by atoms with Crippen molar-refractivity contribution >= 4 is 33.2 Å². The number of nitrogens with two attached hydrogens (primary N) is 1. The Labute approximate surface area is 141 Å². The highest BCUT2D eigenvalue weighted by Crippen LogP contribution is 2.38. The lowest BCUT2D eigenvalue weighted by molar-refractivity contribution is 0.869. The van der Waals surface area contributed by atoms with Gasteiger partial charge in [0.2, 0.25) is 0 Å². The van der Waals surface area contributed by atoms with E-state index in [1.165, 1.54) is 22.0 Å². The van der Waals surface area contributed by atoms with Crippen LogP contribution in [0.25, 0.3) is 21.8 Å². The maximum Gasteiger partial charge on any atom is 0.0653 e. The van der Waals surface area contributed by atoms with Crippen molar-refractivity contribution in [3.05, 3.63) is 72.3 Å². The van der Waals surface area contributed by atoms with Crippen LogP contribution in [0.1, 0.15) is 5.56 Å². The zero-order valence-corrected chi connectivity index (χ0v) is 14.0. The summed E-state index contributed by atoms with van der Waals surface area (Å²) in [5.41, 5.74) is 12.1. The summed E-state index contributed by atoms with van der Waals surface area (Å²) in [7, 11) is 4.06. The first-order chi connectivity index (χ1) is 11.7. The third-order valence-electron chi connectivity index (χ3n) is 4.62. The molecule has 1 aromatic heterocycles. The fraction of sp³-hybridized carbons (Fsp3) is 0.143. The summed E-state index contributed by atoms with van der Waals surface area (Å²) in [6.07, 6.45) is 0. The topological polar surface area (TPSA) is 34.2 Å². The minimum Gasteiger partial charge on any atom is -0.396 e. The van der Waals surface area contributed by atoms with Gasteiger partial charge in [-0.3, -0.25) is 0 Å². The van der Waals surface area contributed by atoms with Gasteiger partial charge in [-0.15, -0.1) is 0 Å². The number of hydrogen-bond acceptors (Lipinski definition) is 2. The molecule has 2 N–H and O–H groups in total. The first kappa shape index (κ1) is 14.6. The summed E-state index contributed by atoms with van der Waals surface area (Å²) < 4.78 is 2.36. The van der Waals surface area contributed by atoms with Crippen LogP contribution in [0, 0.1) is 0 Å². The molecular formula is C21H21N3. The molecule has 0 atom stereocenters. The van der Waals surface area contributed by atoms with Crippen LogP contribution >= 0.6 is 0 Å². The third-order valence-corrected chi connectivity index (χ3v) is 4.62. The van der Waals surface area contributed by atoms with E-state index in [-0.39, 0.29) is 0 Å². The lowest BCUT2D eigenvalue weighted by Gasteiger charge is -2.16. The van der Waals surface area contributed by atoms with E-state index in [0.29, 0.717) is 0 Å². The molecule has 0 radical (unpaired) electrons. The van der Waals surface area contributed by atoms with Gasteiger partial charge in [0, 0.05) is 36.9 Å². The SMILES string of the molecule is CN(C)c1ccc2c(c1N)c1ccccc1n2Cc1ccccc1. The Morgan fingerprint density at radius 1 is 0.833 bits per heavy atom. The lowest BCUT2D eigenvalue weighted by Crippen LogP contribution is -2.11. The molecule has 3 heteroatoms. The smallest absolute Gasteiger partial charge is 0.0653 e. The second kappa shape index (κ2) is 5.60. The molecule has 4 aromatic rings. The average molecular weight is 315 g/mol. The van der Waals surface area contributed by atoms with Crippen molar-refractivity contribution in [1.29, 1.82) is 0 Å². The summed E-state index contributed by atoms with van der Waals surface area (Å²) in [5.74, 6) is 0. The van der Waals surface area contributed by atoms with Gasteiger partial charge in [-0.25, -0.2) is 0 Å². The lowest BCUT2D eigenvalue weighted by atomic mass is 10.1. The van der Waals surface area contributed by atoms with E-state index in [2.05, 4.69) is 76.2 Å². The van der Waals surface area contributed by atoms with E-state index < -0.39 is 0 Å². The second-order valence-electron chi connectivity index (χ2n) is 6.38. The van der Waals surface area contributed by atoms with Crippen LogP contribution in [0.15, 0.2) is 66.7 Å². The zero-order valence-electron chi connectivity index (χ0n) is 14.0. The molecule has 0 spiro atoms. The van der Waals surface area contributed by atoms with Crippen LogP contribution in [0.2, 0.25) is 0 Å². The van der Waals surface area contributed by atoms with Gasteiger partial charge >= 0.3 is 0 Å². The molecule has 0 saturated carbocycles. The molecule has 0 fully saturated rings. The molecule has 120 valence electrons. The number of anilines is 2. The number of nitrogens with zero attached hydrogens (tertiary/aromatic N) is 2. The van der Waals surface area contributed by atoms with Crippen molar-refractivity contribution < 1.29 is 0 Å². The Morgan fingerprint density at radius 3 is 2.29 bits per heavy atom. The number of para-hydroxylation sites is 1. The molecular weight excluding hydrogens is 294 g/mol.